The van der Waals surface area contributed by atoms with Crippen LogP contribution in [0.25, 0.3) is 0 Å². The van der Waals surface area contributed by atoms with E-state index in [2.05, 4.69) is 6.92 Å². The molecule has 0 aromatic heterocycles. The summed E-state index contributed by atoms with van der Waals surface area (Å²) in [5, 5.41) is 0. The number of rotatable bonds is 2. The van der Waals surface area contributed by atoms with Crippen molar-refractivity contribution >= 4 is 0 Å². The lowest BCUT2D eigenvalue weighted by atomic mass is 9.61. The maximum Gasteiger partial charge on any atom is 0.419 e. The Morgan fingerprint density at radius 3 is 2.26 bits per heavy atom. The van der Waals surface area contributed by atoms with Crippen molar-refractivity contribution in [3.63, 3.8) is 0 Å². The minimum absolute atomic E-state index is 0.318. The van der Waals surface area contributed by atoms with E-state index in [4.69, 9.17) is 0 Å². The molecular weight excluding hydrogens is 352 g/mol. The van der Waals surface area contributed by atoms with Crippen molar-refractivity contribution in [2.75, 3.05) is 0 Å². The smallest absolute Gasteiger partial charge is 0.206 e. The summed E-state index contributed by atoms with van der Waals surface area (Å²) >= 11 is 0. The second-order valence-electron chi connectivity index (χ2n) is 9.25. The van der Waals surface area contributed by atoms with Gasteiger partial charge in [0.05, 0.1) is 5.56 Å². The van der Waals surface area contributed by atoms with Crippen LogP contribution in [-0.2, 0) is 19.0 Å². The second-order valence-corrected chi connectivity index (χ2v) is 9.25. The Labute approximate surface area is 159 Å². The highest BCUT2D eigenvalue weighted by Crippen LogP contribution is 2.49. The minimum atomic E-state index is -4.61. The molecule has 0 nitrogen and oxygen atoms in total. The van der Waals surface area contributed by atoms with E-state index in [1.807, 2.05) is 0 Å². The van der Waals surface area contributed by atoms with Gasteiger partial charge in [-0.15, -0.1) is 0 Å². The van der Waals surface area contributed by atoms with Gasteiger partial charge in [0, 0.05) is 0 Å². The minimum Gasteiger partial charge on any atom is -0.206 e. The molecule has 0 aliphatic heterocycles. The maximum absolute atomic E-state index is 14.4. The molecular formula is C23H30F4. The Kier molecular flexibility index (Phi) is 5.28. The first-order valence-corrected chi connectivity index (χ1v) is 10.7. The summed E-state index contributed by atoms with van der Waals surface area (Å²) in [6.45, 7) is 2.30. The fraction of sp³-hybridized carbons (Fsp3) is 0.739. The van der Waals surface area contributed by atoms with Gasteiger partial charge >= 0.3 is 6.18 Å². The molecule has 2 fully saturated rings. The van der Waals surface area contributed by atoms with Crippen LogP contribution in [0.3, 0.4) is 0 Å². The molecule has 3 aliphatic carbocycles. The van der Waals surface area contributed by atoms with E-state index in [-0.39, 0.29) is 0 Å². The van der Waals surface area contributed by atoms with E-state index in [1.54, 1.807) is 0 Å². The summed E-state index contributed by atoms with van der Waals surface area (Å²) in [5.74, 6) is 2.80. The summed E-state index contributed by atoms with van der Waals surface area (Å²) in [4.78, 5) is 0. The van der Waals surface area contributed by atoms with Gasteiger partial charge in [-0.1, -0.05) is 25.8 Å². The number of hydrogen-bond acceptors (Lipinski definition) is 0. The van der Waals surface area contributed by atoms with Gasteiger partial charge < -0.3 is 0 Å². The first-order chi connectivity index (χ1) is 12.9. The SMILES string of the molecule is CCC1CCC2CC(C3CCc4c(ccc(C(F)(F)F)c4F)C3)CCC2C1. The highest BCUT2D eigenvalue weighted by molar-refractivity contribution is 5.37. The summed E-state index contributed by atoms with van der Waals surface area (Å²) < 4.78 is 53.3. The number of fused-ring (bicyclic) bond motifs is 2. The van der Waals surface area contributed by atoms with Crippen molar-refractivity contribution in [1.29, 1.82) is 0 Å². The maximum atomic E-state index is 14.4. The van der Waals surface area contributed by atoms with Crippen LogP contribution < -0.4 is 0 Å². The molecule has 150 valence electrons. The highest BCUT2D eigenvalue weighted by Gasteiger charge is 2.40. The van der Waals surface area contributed by atoms with Gasteiger partial charge in [0.15, 0.2) is 0 Å². The van der Waals surface area contributed by atoms with Crippen molar-refractivity contribution in [3.05, 3.63) is 34.6 Å². The van der Waals surface area contributed by atoms with Crippen LogP contribution in [0, 0.1) is 35.4 Å². The van der Waals surface area contributed by atoms with E-state index >= 15 is 0 Å². The zero-order chi connectivity index (χ0) is 19.2. The molecule has 0 radical (unpaired) electrons. The second kappa shape index (κ2) is 7.40. The topological polar surface area (TPSA) is 0 Å². The van der Waals surface area contributed by atoms with Crippen molar-refractivity contribution in [2.24, 2.45) is 29.6 Å². The van der Waals surface area contributed by atoms with Crippen LogP contribution in [0.1, 0.15) is 75.0 Å². The number of hydrogen-bond donors (Lipinski definition) is 0. The zero-order valence-corrected chi connectivity index (χ0v) is 16.1. The summed E-state index contributed by atoms with van der Waals surface area (Å²) in [7, 11) is 0. The molecule has 0 bridgehead atoms. The van der Waals surface area contributed by atoms with Crippen LogP contribution in [0.2, 0.25) is 0 Å². The van der Waals surface area contributed by atoms with Gasteiger partial charge in [0.25, 0.3) is 0 Å². The molecule has 0 spiro atoms. The van der Waals surface area contributed by atoms with E-state index in [0.29, 0.717) is 23.8 Å². The van der Waals surface area contributed by atoms with Gasteiger partial charge in [-0.05, 0) is 98.1 Å². The van der Waals surface area contributed by atoms with E-state index < -0.39 is 17.6 Å². The molecule has 5 atom stereocenters. The third-order valence-electron chi connectivity index (χ3n) is 7.90. The van der Waals surface area contributed by atoms with Gasteiger partial charge in [0.2, 0.25) is 0 Å². The Morgan fingerprint density at radius 1 is 0.889 bits per heavy atom. The predicted octanol–water partition coefficient (Wildman–Crippen LogP) is 7.19. The van der Waals surface area contributed by atoms with Crippen molar-refractivity contribution < 1.29 is 17.6 Å². The molecule has 27 heavy (non-hydrogen) atoms. The molecule has 2 saturated carbocycles. The standard InChI is InChI=1S/C23H30F4/c1-2-14-3-4-16-12-17(6-5-15(16)11-14)18-7-9-20-19(13-18)8-10-21(22(20)24)23(25,26)27/h8,10,14-18H,2-7,9,11-13H2,1H3. The number of benzene rings is 1. The van der Waals surface area contributed by atoms with Crippen LogP contribution in [0.5, 0.6) is 0 Å². The lowest BCUT2D eigenvalue weighted by Gasteiger charge is -2.45. The van der Waals surface area contributed by atoms with Gasteiger partial charge in [-0.25, -0.2) is 4.39 Å². The molecule has 0 heterocycles. The zero-order valence-electron chi connectivity index (χ0n) is 16.1. The normalized spacial score (nSPS) is 34.0. The molecule has 0 saturated heterocycles. The highest BCUT2D eigenvalue weighted by atomic mass is 19.4. The lowest BCUT2D eigenvalue weighted by Crippen LogP contribution is -2.35. The molecule has 4 rings (SSSR count). The van der Waals surface area contributed by atoms with E-state index in [1.165, 1.54) is 51.0 Å². The van der Waals surface area contributed by atoms with Gasteiger partial charge in [0.1, 0.15) is 5.82 Å². The van der Waals surface area contributed by atoms with E-state index in [9.17, 15) is 17.6 Å². The molecule has 5 unspecified atom stereocenters. The van der Waals surface area contributed by atoms with Crippen LogP contribution in [-0.4, -0.2) is 0 Å². The van der Waals surface area contributed by atoms with Crippen molar-refractivity contribution in [1.82, 2.24) is 0 Å². The average Bonchev–Trinajstić information content (AvgIpc) is 2.66. The third-order valence-corrected chi connectivity index (χ3v) is 7.90. The summed E-state index contributed by atoms with van der Waals surface area (Å²) in [5.41, 5.74) is 0.0275. The van der Waals surface area contributed by atoms with E-state index in [0.717, 1.165) is 42.2 Å². The van der Waals surface area contributed by atoms with Crippen LogP contribution >= 0.6 is 0 Å². The molecule has 0 N–H and O–H groups in total. The predicted molar refractivity (Wildman–Crippen MR) is 98.9 cm³/mol. The first-order valence-electron chi connectivity index (χ1n) is 10.7. The van der Waals surface area contributed by atoms with Crippen LogP contribution in [0.15, 0.2) is 12.1 Å². The monoisotopic (exact) mass is 382 g/mol. The Balaban J connectivity index is 1.44. The molecule has 4 heteroatoms. The number of alkyl halides is 3. The van der Waals surface area contributed by atoms with Crippen molar-refractivity contribution in [3.8, 4) is 0 Å². The average molecular weight is 382 g/mol. The van der Waals surface area contributed by atoms with Gasteiger partial charge in [-0.3, -0.25) is 0 Å². The van der Waals surface area contributed by atoms with Crippen molar-refractivity contribution in [2.45, 2.75) is 77.3 Å². The summed E-state index contributed by atoms with van der Waals surface area (Å²) in [6.07, 6.45) is 6.71. The largest absolute Gasteiger partial charge is 0.419 e. The Bertz CT molecular complexity index is 678. The first kappa shape index (κ1) is 19.3. The Hall–Kier alpha value is -1.06. The van der Waals surface area contributed by atoms with Crippen LogP contribution in [0.4, 0.5) is 17.6 Å². The Morgan fingerprint density at radius 2 is 1.56 bits per heavy atom. The molecule has 1 aromatic rings. The fourth-order valence-electron chi connectivity index (χ4n) is 6.28. The lowest BCUT2D eigenvalue weighted by molar-refractivity contribution is -0.140. The molecule has 0 amide bonds. The summed E-state index contributed by atoms with van der Waals surface area (Å²) in [6, 6.07) is 2.48. The quantitative estimate of drug-likeness (QED) is 0.475. The molecule has 3 aliphatic rings. The van der Waals surface area contributed by atoms with Gasteiger partial charge in [-0.2, -0.15) is 13.2 Å². The molecule has 1 aromatic carbocycles. The third kappa shape index (κ3) is 3.78. The fourth-order valence-corrected chi connectivity index (χ4v) is 6.28. The number of halogens is 4.